The molecular weight excluding hydrogens is 196 g/mol. The lowest BCUT2D eigenvalue weighted by Gasteiger charge is -2.05. The molecule has 0 aliphatic heterocycles. The van der Waals surface area contributed by atoms with Gasteiger partial charge in [0.1, 0.15) is 10.5 Å². The molecule has 0 bridgehead atoms. The minimum atomic E-state index is -1.67. The zero-order valence-corrected chi connectivity index (χ0v) is 10.4. The van der Waals surface area contributed by atoms with Crippen molar-refractivity contribution in [2.24, 2.45) is 0 Å². The molecule has 0 radical (unpaired) electrons. The summed E-state index contributed by atoms with van der Waals surface area (Å²) in [4.78, 5) is 0. The van der Waals surface area contributed by atoms with Crippen molar-refractivity contribution in [3.8, 4) is 0 Å². The van der Waals surface area contributed by atoms with Gasteiger partial charge in [-0.1, -0.05) is 0 Å². The van der Waals surface area contributed by atoms with Crippen LogP contribution in [0, 0.1) is 0 Å². The molecule has 0 fully saturated rings. The molecule has 0 saturated heterocycles. The molecule has 0 aromatic rings. The molecule has 0 aliphatic rings. The lowest BCUT2D eigenvalue weighted by atomic mass is 11.8. The molecule has 7 heteroatoms. The number of hydrogen-bond donors (Lipinski definition) is 0. The summed E-state index contributed by atoms with van der Waals surface area (Å²) in [5, 5.41) is 0. The molecule has 0 amide bonds. The molecule has 0 spiro atoms. The van der Waals surface area contributed by atoms with Crippen molar-refractivity contribution < 1.29 is 17.7 Å². The molecule has 11 heavy (non-hydrogen) atoms. The molecule has 0 aromatic heterocycles. The number of rotatable bonds is 3. The molecule has 0 saturated carbocycles. The lowest BCUT2D eigenvalue weighted by Crippen LogP contribution is -2.21. The van der Waals surface area contributed by atoms with Crippen LogP contribution in [0.25, 0.3) is 0 Å². The second-order valence-electron chi connectivity index (χ2n) is 1.40. The van der Waals surface area contributed by atoms with E-state index in [1.807, 2.05) is 0 Å². The highest BCUT2D eigenvalue weighted by Crippen LogP contribution is 1.81. The van der Waals surface area contributed by atoms with Crippen molar-refractivity contribution in [1.82, 2.24) is 0 Å². The summed E-state index contributed by atoms with van der Waals surface area (Å²) in [7, 11) is 5.60. The standard InChI is InChI=1S/C3H10O3Si.CH6OSi.H4Si/c1-4-7(5-2)6-3;1-2-3;/h7H,1-3H3;1,3H3;1H4. The minimum Gasteiger partial charge on any atom is -0.431 e. The smallest absolute Gasteiger partial charge is 0.431 e. The van der Waals surface area contributed by atoms with E-state index >= 15 is 0 Å². The van der Waals surface area contributed by atoms with Crippen LogP contribution >= 0.6 is 0 Å². The predicted octanol–water partition coefficient (Wildman–Crippen LogP) is -2.90. The molecule has 0 N–H and O–H groups in total. The molecule has 0 atom stereocenters. The summed E-state index contributed by atoms with van der Waals surface area (Å²) < 4.78 is 18.6. The Balaban J connectivity index is -0.000000140. The van der Waals surface area contributed by atoms with Crippen LogP contribution in [0.5, 0.6) is 0 Å². The van der Waals surface area contributed by atoms with Crippen LogP contribution in [0.15, 0.2) is 0 Å². The van der Waals surface area contributed by atoms with Crippen LogP contribution < -0.4 is 0 Å². The van der Waals surface area contributed by atoms with Crippen LogP contribution in [-0.2, 0) is 17.7 Å². The highest BCUT2D eigenvalue weighted by Gasteiger charge is 2.04. The van der Waals surface area contributed by atoms with Gasteiger partial charge in [-0.15, -0.1) is 0 Å². The van der Waals surface area contributed by atoms with Gasteiger partial charge in [0.25, 0.3) is 0 Å². The fourth-order valence-corrected chi connectivity index (χ4v) is 0.866. The van der Waals surface area contributed by atoms with Crippen molar-refractivity contribution in [3.63, 3.8) is 0 Å². The minimum absolute atomic E-state index is 0. The normalized spacial score (nSPS) is 8.45. The molecule has 0 unspecified atom stereocenters. The lowest BCUT2D eigenvalue weighted by molar-refractivity contribution is 0.163. The topological polar surface area (TPSA) is 36.9 Å². The summed E-state index contributed by atoms with van der Waals surface area (Å²) in [6, 6.07) is 0. The van der Waals surface area contributed by atoms with Crippen LogP contribution in [0.2, 0.25) is 0 Å². The summed E-state index contributed by atoms with van der Waals surface area (Å²) in [6.45, 7) is 0. The van der Waals surface area contributed by atoms with Crippen LogP contribution in [0.1, 0.15) is 0 Å². The van der Waals surface area contributed by atoms with E-state index in [2.05, 4.69) is 4.43 Å². The zero-order valence-electron chi connectivity index (χ0n) is 7.21. The van der Waals surface area contributed by atoms with Crippen molar-refractivity contribution in [1.29, 1.82) is 0 Å². The van der Waals surface area contributed by atoms with E-state index in [0.29, 0.717) is 0 Å². The van der Waals surface area contributed by atoms with Gasteiger partial charge in [-0.05, 0) is 11.0 Å². The van der Waals surface area contributed by atoms with Gasteiger partial charge in [-0.3, -0.25) is 0 Å². The van der Waals surface area contributed by atoms with E-state index in [9.17, 15) is 0 Å². The largest absolute Gasteiger partial charge is 0.483 e. The Kier molecular flexibility index (Phi) is 26.9. The van der Waals surface area contributed by atoms with Gasteiger partial charge in [0.2, 0.25) is 0 Å². The summed E-state index contributed by atoms with van der Waals surface area (Å²) in [5.74, 6) is 0. The van der Waals surface area contributed by atoms with E-state index in [-0.39, 0.29) is 11.0 Å². The van der Waals surface area contributed by atoms with E-state index in [1.54, 1.807) is 28.4 Å². The average molecular weight is 216 g/mol. The molecule has 72 valence electrons. The fraction of sp³-hybridized carbons (Fsp3) is 1.00. The van der Waals surface area contributed by atoms with Crippen LogP contribution in [0.4, 0.5) is 0 Å². The molecular formula is C4H20O4Si3. The first-order valence-corrected chi connectivity index (χ1v) is 4.98. The van der Waals surface area contributed by atoms with E-state index in [1.165, 1.54) is 0 Å². The molecule has 0 heterocycles. The van der Waals surface area contributed by atoms with Crippen molar-refractivity contribution in [2.75, 3.05) is 28.4 Å². The third kappa shape index (κ3) is 18.0. The maximum Gasteiger partial charge on any atom is 0.483 e. The first kappa shape index (κ1) is 17.5. The summed E-state index contributed by atoms with van der Waals surface area (Å²) in [5.41, 5.74) is 0. The first-order valence-electron chi connectivity index (χ1n) is 2.75. The highest BCUT2D eigenvalue weighted by molar-refractivity contribution is 6.36. The zero-order chi connectivity index (χ0) is 8.41. The summed E-state index contributed by atoms with van der Waals surface area (Å²) >= 11 is 0. The third-order valence-corrected chi connectivity index (χ3v) is 1.73. The van der Waals surface area contributed by atoms with Gasteiger partial charge in [-0.25, -0.2) is 0 Å². The maximum absolute atomic E-state index is 4.74. The second-order valence-corrected chi connectivity index (χ2v) is 4.21. The monoisotopic (exact) mass is 216 g/mol. The second kappa shape index (κ2) is 16.8. The van der Waals surface area contributed by atoms with Crippen molar-refractivity contribution in [3.05, 3.63) is 0 Å². The van der Waals surface area contributed by atoms with Crippen molar-refractivity contribution >= 4 is 31.0 Å². The Bertz CT molecular complexity index is 47.1. The highest BCUT2D eigenvalue weighted by atomic mass is 28.3. The predicted molar refractivity (Wildman–Crippen MR) is 56.5 cm³/mol. The van der Waals surface area contributed by atoms with Crippen LogP contribution in [-0.4, -0.2) is 59.4 Å². The Morgan fingerprint density at radius 1 is 0.909 bits per heavy atom. The molecule has 4 nitrogen and oxygen atoms in total. The van der Waals surface area contributed by atoms with E-state index in [4.69, 9.17) is 13.3 Å². The fourth-order valence-electron chi connectivity index (χ4n) is 0.289. The third-order valence-electron chi connectivity index (χ3n) is 0.577. The molecule has 0 rings (SSSR count). The SMILES string of the molecule is CO[SiH3].CO[SiH](OC)OC.[SiH4]. The Morgan fingerprint density at radius 3 is 1.09 bits per heavy atom. The van der Waals surface area contributed by atoms with Gasteiger partial charge < -0.3 is 17.7 Å². The van der Waals surface area contributed by atoms with E-state index < -0.39 is 9.53 Å². The van der Waals surface area contributed by atoms with Gasteiger partial charge in [0, 0.05) is 28.4 Å². The van der Waals surface area contributed by atoms with Crippen LogP contribution in [0.3, 0.4) is 0 Å². The van der Waals surface area contributed by atoms with Gasteiger partial charge in [0.05, 0.1) is 0 Å². The van der Waals surface area contributed by atoms with Crippen molar-refractivity contribution in [2.45, 2.75) is 0 Å². The van der Waals surface area contributed by atoms with Gasteiger partial charge in [-0.2, -0.15) is 0 Å². The number of hydrogen-bond acceptors (Lipinski definition) is 4. The quantitative estimate of drug-likeness (QED) is 0.475. The van der Waals surface area contributed by atoms with Gasteiger partial charge >= 0.3 is 9.53 Å². The molecule has 0 aliphatic carbocycles. The maximum atomic E-state index is 4.74. The first-order chi connectivity index (χ1) is 4.76. The summed E-state index contributed by atoms with van der Waals surface area (Å²) in [6.07, 6.45) is 0. The Morgan fingerprint density at radius 2 is 1.09 bits per heavy atom. The van der Waals surface area contributed by atoms with E-state index in [0.717, 1.165) is 10.5 Å². The molecule has 0 aromatic carbocycles. The Labute approximate surface area is 77.7 Å². The van der Waals surface area contributed by atoms with Gasteiger partial charge in [0.15, 0.2) is 0 Å². The average Bonchev–Trinajstić information content (AvgIpc) is 1.93. The Hall–Kier alpha value is 0.491.